The summed E-state index contributed by atoms with van der Waals surface area (Å²) in [5.41, 5.74) is 1.85. The highest BCUT2D eigenvalue weighted by atomic mass is 16.5. The minimum atomic E-state index is 0.0969. The quantitative estimate of drug-likeness (QED) is 0.669. The van der Waals surface area contributed by atoms with Gasteiger partial charge in [0.1, 0.15) is 0 Å². The van der Waals surface area contributed by atoms with Gasteiger partial charge in [-0.1, -0.05) is 36.4 Å². The average molecular weight is 403 g/mol. The second-order valence-corrected chi connectivity index (χ2v) is 7.68. The number of carbonyl (C=O) groups excluding carboxylic acids is 1. The number of rotatable bonds is 3. The zero-order chi connectivity index (χ0) is 20.3. The Balaban J connectivity index is 1.28. The van der Waals surface area contributed by atoms with Crippen molar-refractivity contribution in [3.8, 4) is 0 Å². The van der Waals surface area contributed by atoms with E-state index in [-0.39, 0.29) is 5.91 Å². The number of hydrogen-bond donors (Lipinski definition) is 0. The van der Waals surface area contributed by atoms with Crippen molar-refractivity contribution in [2.24, 2.45) is 0 Å². The minimum Gasteiger partial charge on any atom is -0.378 e. The van der Waals surface area contributed by atoms with Crippen LogP contribution in [0.25, 0.3) is 10.8 Å². The zero-order valence-corrected chi connectivity index (χ0v) is 16.9. The molecular formula is C23H25N5O2. The Hall–Kier alpha value is -3.19. The van der Waals surface area contributed by atoms with E-state index >= 15 is 0 Å². The van der Waals surface area contributed by atoms with Crippen molar-refractivity contribution in [3.63, 3.8) is 0 Å². The van der Waals surface area contributed by atoms with Crippen LogP contribution in [0.4, 0.5) is 11.5 Å². The number of nitrogens with zero attached hydrogens (tertiary/aromatic N) is 5. The molecule has 1 amide bonds. The summed E-state index contributed by atoms with van der Waals surface area (Å²) in [4.78, 5) is 19.6. The first-order chi connectivity index (χ1) is 14.8. The van der Waals surface area contributed by atoms with Crippen molar-refractivity contribution in [1.82, 2.24) is 15.1 Å². The van der Waals surface area contributed by atoms with Crippen LogP contribution in [0.3, 0.4) is 0 Å². The molecule has 30 heavy (non-hydrogen) atoms. The van der Waals surface area contributed by atoms with Gasteiger partial charge < -0.3 is 19.4 Å². The molecule has 3 aromatic rings. The molecule has 5 rings (SSSR count). The third kappa shape index (κ3) is 3.68. The van der Waals surface area contributed by atoms with E-state index in [1.54, 1.807) is 0 Å². The fourth-order valence-electron chi connectivity index (χ4n) is 4.22. The zero-order valence-electron chi connectivity index (χ0n) is 16.9. The summed E-state index contributed by atoms with van der Waals surface area (Å²) < 4.78 is 5.44. The average Bonchev–Trinajstić information content (AvgIpc) is 2.84. The molecule has 7 heteroatoms. The molecule has 154 valence electrons. The Morgan fingerprint density at radius 3 is 2.47 bits per heavy atom. The van der Waals surface area contributed by atoms with E-state index in [0.717, 1.165) is 67.2 Å². The van der Waals surface area contributed by atoms with Gasteiger partial charge in [-0.15, -0.1) is 5.10 Å². The Bertz CT molecular complexity index is 1040. The molecule has 2 aliphatic rings. The molecule has 0 aliphatic carbocycles. The van der Waals surface area contributed by atoms with Gasteiger partial charge in [-0.3, -0.25) is 4.79 Å². The molecular weight excluding hydrogens is 378 g/mol. The predicted molar refractivity (Wildman–Crippen MR) is 117 cm³/mol. The van der Waals surface area contributed by atoms with Gasteiger partial charge in [0.15, 0.2) is 5.82 Å². The molecule has 0 saturated carbocycles. The molecule has 0 radical (unpaired) electrons. The van der Waals surface area contributed by atoms with Crippen LogP contribution in [-0.2, 0) is 4.74 Å². The van der Waals surface area contributed by atoms with Gasteiger partial charge in [0, 0.05) is 50.9 Å². The highest BCUT2D eigenvalue weighted by Crippen LogP contribution is 2.23. The van der Waals surface area contributed by atoms with Crippen molar-refractivity contribution >= 4 is 28.2 Å². The lowest BCUT2D eigenvalue weighted by Gasteiger charge is -2.36. The number of amides is 1. The van der Waals surface area contributed by atoms with Crippen molar-refractivity contribution in [2.45, 2.75) is 0 Å². The summed E-state index contributed by atoms with van der Waals surface area (Å²) >= 11 is 0. The number of benzene rings is 2. The number of hydrogen-bond acceptors (Lipinski definition) is 6. The second kappa shape index (κ2) is 8.28. The number of piperazine rings is 1. The monoisotopic (exact) mass is 403 g/mol. The van der Waals surface area contributed by atoms with E-state index < -0.39 is 0 Å². The van der Waals surface area contributed by atoms with Gasteiger partial charge in [0.25, 0.3) is 5.91 Å². The lowest BCUT2D eigenvalue weighted by Crippen LogP contribution is -2.49. The molecule has 2 aliphatic heterocycles. The van der Waals surface area contributed by atoms with Gasteiger partial charge >= 0.3 is 0 Å². The number of ether oxygens (including phenoxy) is 1. The smallest absolute Gasteiger partial charge is 0.254 e. The fourth-order valence-corrected chi connectivity index (χ4v) is 4.22. The maximum Gasteiger partial charge on any atom is 0.254 e. The van der Waals surface area contributed by atoms with Gasteiger partial charge in [0.05, 0.1) is 25.1 Å². The molecule has 7 nitrogen and oxygen atoms in total. The highest BCUT2D eigenvalue weighted by molar-refractivity contribution is 6.07. The highest BCUT2D eigenvalue weighted by Gasteiger charge is 2.24. The Morgan fingerprint density at radius 1 is 0.867 bits per heavy atom. The molecule has 0 unspecified atom stereocenters. The summed E-state index contributed by atoms with van der Waals surface area (Å²) in [6.07, 6.45) is 1.81. The molecule has 2 fully saturated rings. The van der Waals surface area contributed by atoms with Crippen LogP contribution in [-0.4, -0.2) is 73.5 Å². The third-order valence-corrected chi connectivity index (χ3v) is 5.91. The fraction of sp³-hybridized carbons (Fsp3) is 0.348. The van der Waals surface area contributed by atoms with Gasteiger partial charge in [-0.25, -0.2) is 0 Å². The number of fused-ring (bicyclic) bond motifs is 1. The first kappa shape index (κ1) is 18.8. The van der Waals surface area contributed by atoms with Crippen LogP contribution in [0, 0.1) is 0 Å². The first-order valence-electron chi connectivity index (χ1n) is 10.5. The van der Waals surface area contributed by atoms with E-state index in [0.29, 0.717) is 13.1 Å². The molecule has 0 N–H and O–H groups in total. The Morgan fingerprint density at radius 2 is 1.63 bits per heavy atom. The van der Waals surface area contributed by atoms with Crippen LogP contribution >= 0.6 is 0 Å². The molecule has 0 spiro atoms. The van der Waals surface area contributed by atoms with E-state index in [1.807, 2.05) is 53.6 Å². The molecule has 1 aromatic heterocycles. The second-order valence-electron chi connectivity index (χ2n) is 7.68. The van der Waals surface area contributed by atoms with Crippen LogP contribution in [0.5, 0.6) is 0 Å². The lowest BCUT2D eigenvalue weighted by molar-refractivity contribution is 0.0748. The van der Waals surface area contributed by atoms with E-state index in [4.69, 9.17) is 4.74 Å². The molecule has 2 saturated heterocycles. The van der Waals surface area contributed by atoms with Gasteiger partial charge in [0.2, 0.25) is 0 Å². The maximum absolute atomic E-state index is 13.2. The standard InChI is InChI=1S/C23H25N5O2/c29-23(21-7-3-5-18-4-1-2-6-20(18)21)28-10-8-27(9-11-28)22-16-19(17-24-25-22)26-12-14-30-15-13-26/h1-7,16-17H,8-15H2. The SMILES string of the molecule is O=C(c1cccc2ccccc12)N1CCN(c2cc(N3CCOCC3)cnn2)CC1. The largest absolute Gasteiger partial charge is 0.378 e. The van der Waals surface area contributed by atoms with E-state index in [2.05, 4.69) is 26.1 Å². The number of aromatic nitrogens is 2. The van der Waals surface area contributed by atoms with Crippen molar-refractivity contribution in [2.75, 3.05) is 62.3 Å². The topological polar surface area (TPSA) is 61.8 Å². The first-order valence-corrected chi connectivity index (χ1v) is 10.5. The normalized spacial score (nSPS) is 17.4. The molecule has 0 bridgehead atoms. The summed E-state index contributed by atoms with van der Waals surface area (Å²) in [6, 6.07) is 16.1. The summed E-state index contributed by atoms with van der Waals surface area (Å²) in [6.45, 7) is 6.07. The van der Waals surface area contributed by atoms with Gasteiger partial charge in [-0.2, -0.15) is 5.10 Å². The maximum atomic E-state index is 13.2. The summed E-state index contributed by atoms with van der Waals surface area (Å²) in [5.74, 6) is 0.968. The van der Waals surface area contributed by atoms with Crippen LogP contribution in [0.2, 0.25) is 0 Å². The Labute approximate surface area is 175 Å². The van der Waals surface area contributed by atoms with Gasteiger partial charge in [-0.05, 0) is 16.8 Å². The van der Waals surface area contributed by atoms with E-state index in [1.165, 1.54) is 0 Å². The molecule has 3 heterocycles. The summed E-state index contributed by atoms with van der Waals surface area (Å²) in [5, 5.41) is 10.7. The van der Waals surface area contributed by atoms with E-state index in [9.17, 15) is 4.79 Å². The lowest BCUT2D eigenvalue weighted by atomic mass is 10.0. The molecule has 2 aromatic carbocycles. The Kier molecular flexibility index (Phi) is 5.19. The number of morpholine rings is 1. The van der Waals surface area contributed by atoms with Crippen LogP contribution in [0.1, 0.15) is 10.4 Å². The molecule has 0 atom stereocenters. The third-order valence-electron chi connectivity index (χ3n) is 5.91. The van der Waals surface area contributed by atoms with Crippen molar-refractivity contribution in [1.29, 1.82) is 0 Å². The van der Waals surface area contributed by atoms with Crippen molar-refractivity contribution < 1.29 is 9.53 Å². The van der Waals surface area contributed by atoms with Crippen LogP contribution in [0.15, 0.2) is 54.7 Å². The predicted octanol–water partition coefficient (Wildman–Crippen LogP) is 2.43. The number of carbonyl (C=O) groups is 1. The number of anilines is 2. The summed E-state index contributed by atoms with van der Waals surface area (Å²) in [7, 11) is 0. The minimum absolute atomic E-state index is 0.0969. The van der Waals surface area contributed by atoms with Crippen molar-refractivity contribution in [3.05, 3.63) is 60.3 Å². The van der Waals surface area contributed by atoms with Crippen LogP contribution < -0.4 is 9.80 Å².